The summed E-state index contributed by atoms with van der Waals surface area (Å²) in [6, 6.07) is 15.6. The molecule has 0 amide bonds. The molecule has 0 saturated heterocycles. The maximum absolute atomic E-state index is 10.2. The number of hydrogen-bond acceptors (Lipinski definition) is 3. The van der Waals surface area contributed by atoms with Gasteiger partial charge in [-0.3, -0.25) is 0 Å². The number of unbranched alkanes of at least 4 members (excludes halogenated alkanes) is 1. The molecule has 4 heteroatoms. The minimum Gasteiger partial charge on any atom is -0.389 e. The topological polar surface area (TPSA) is 39.4 Å². The van der Waals surface area contributed by atoms with Gasteiger partial charge in [-0.2, -0.15) is 4.57 Å². The number of nitrogens with zero attached hydrogens (tertiary/aromatic N) is 2. The summed E-state index contributed by atoms with van der Waals surface area (Å²) in [6.07, 6.45) is 3.22. The predicted molar refractivity (Wildman–Crippen MR) is 114 cm³/mol. The van der Waals surface area contributed by atoms with Gasteiger partial charge < -0.3 is 15.3 Å². The van der Waals surface area contributed by atoms with Crippen LogP contribution < -0.4 is 14.8 Å². The van der Waals surface area contributed by atoms with E-state index in [4.69, 9.17) is 0 Å². The van der Waals surface area contributed by atoms with Crippen LogP contribution in [-0.4, -0.2) is 32.9 Å². The molecule has 4 nitrogen and oxygen atoms in total. The second-order valence-electron chi connectivity index (χ2n) is 7.55. The van der Waals surface area contributed by atoms with Gasteiger partial charge >= 0.3 is 0 Å². The Balaban J connectivity index is 2.32. The van der Waals surface area contributed by atoms with Crippen molar-refractivity contribution in [3.63, 3.8) is 0 Å². The molecule has 1 atom stereocenters. The van der Waals surface area contributed by atoms with E-state index < -0.39 is 0 Å². The molecular formula is C23H32N3O+. The molecule has 3 aromatic rings. The Kier molecular flexibility index (Phi) is 6.30. The molecule has 0 aliphatic carbocycles. The Morgan fingerprint density at radius 2 is 1.74 bits per heavy atom. The van der Waals surface area contributed by atoms with E-state index >= 15 is 0 Å². The van der Waals surface area contributed by atoms with Crippen LogP contribution in [0.4, 0.5) is 5.69 Å². The van der Waals surface area contributed by atoms with Gasteiger partial charge in [0.1, 0.15) is 6.61 Å². The second-order valence-corrected chi connectivity index (χ2v) is 7.55. The Hall–Kier alpha value is -2.17. The molecule has 0 aliphatic rings. The van der Waals surface area contributed by atoms with Crippen LogP contribution in [0.25, 0.3) is 21.8 Å². The van der Waals surface area contributed by atoms with Crippen LogP contribution in [0.3, 0.4) is 0 Å². The van der Waals surface area contributed by atoms with Crippen LogP contribution in [0, 0.1) is 0 Å². The quantitative estimate of drug-likeness (QED) is 0.471. The van der Waals surface area contributed by atoms with Crippen LogP contribution in [0.5, 0.6) is 0 Å². The molecule has 0 radical (unpaired) electrons. The largest absolute Gasteiger partial charge is 0.389 e. The number of aromatic nitrogens is 1. The van der Waals surface area contributed by atoms with Crippen LogP contribution >= 0.6 is 0 Å². The summed E-state index contributed by atoms with van der Waals surface area (Å²) < 4.78 is 2.37. The van der Waals surface area contributed by atoms with E-state index in [9.17, 15) is 5.11 Å². The number of nitrogens with one attached hydrogen (secondary N) is 1. The summed E-state index contributed by atoms with van der Waals surface area (Å²) in [4.78, 5) is 2.13. The van der Waals surface area contributed by atoms with E-state index in [0.29, 0.717) is 0 Å². The minimum atomic E-state index is 0.0818. The molecule has 0 saturated carbocycles. The Labute approximate surface area is 162 Å². The molecule has 0 fully saturated rings. The monoisotopic (exact) mass is 366 g/mol. The molecule has 0 spiro atoms. The average Bonchev–Trinajstić information content (AvgIpc) is 2.67. The highest BCUT2D eigenvalue weighted by molar-refractivity contribution is 5.90. The number of pyridine rings is 1. The van der Waals surface area contributed by atoms with Crippen LogP contribution in [0.15, 0.2) is 42.5 Å². The molecule has 0 aliphatic heterocycles. The summed E-state index contributed by atoms with van der Waals surface area (Å²) in [5, 5.41) is 15.9. The van der Waals surface area contributed by atoms with Gasteiger partial charge in [0.2, 0.25) is 11.0 Å². The summed E-state index contributed by atoms with van der Waals surface area (Å²) in [7, 11) is 6.11. The molecule has 27 heavy (non-hydrogen) atoms. The van der Waals surface area contributed by atoms with Crippen molar-refractivity contribution in [3.05, 3.63) is 48.0 Å². The van der Waals surface area contributed by atoms with E-state index in [-0.39, 0.29) is 12.6 Å². The Bertz CT molecular complexity index is 920. The van der Waals surface area contributed by atoms with Crippen molar-refractivity contribution in [1.29, 1.82) is 0 Å². The first-order chi connectivity index (χ1) is 13.1. The van der Waals surface area contributed by atoms with Gasteiger partial charge in [-0.15, -0.1) is 0 Å². The van der Waals surface area contributed by atoms with Gasteiger partial charge in [0.15, 0.2) is 6.04 Å². The van der Waals surface area contributed by atoms with Crippen molar-refractivity contribution < 1.29 is 9.67 Å². The lowest BCUT2D eigenvalue weighted by molar-refractivity contribution is -0.676. The van der Waals surface area contributed by atoms with Crippen molar-refractivity contribution >= 4 is 27.5 Å². The van der Waals surface area contributed by atoms with Gasteiger partial charge in [0.25, 0.3) is 0 Å². The lowest BCUT2D eigenvalue weighted by Crippen LogP contribution is -2.43. The summed E-state index contributed by atoms with van der Waals surface area (Å²) in [6.45, 7) is 3.20. The number of aliphatic hydroxyl groups excluding tert-OH is 1. The van der Waals surface area contributed by atoms with Crippen LogP contribution in [0.2, 0.25) is 0 Å². The fraction of sp³-hybridized carbons (Fsp3) is 0.435. The number of hydrogen-bond donors (Lipinski definition) is 2. The molecule has 1 unspecified atom stereocenters. The maximum atomic E-state index is 10.2. The Morgan fingerprint density at radius 3 is 2.37 bits per heavy atom. The van der Waals surface area contributed by atoms with Crippen molar-refractivity contribution in [1.82, 2.24) is 5.32 Å². The maximum Gasteiger partial charge on any atom is 0.215 e. The summed E-state index contributed by atoms with van der Waals surface area (Å²) in [5.41, 5.74) is 4.81. The number of fused-ring (bicyclic) bond motifs is 2. The zero-order chi connectivity index (χ0) is 19.4. The highest BCUT2D eigenvalue weighted by Gasteiger charge is 2.25. The highest BCUT2D eigenvalue weighted by atomic mass is 16.3. The standard InChI is InChI=1S/C23H32N3O/c1-5-6-7-21(16-27)26-22-12-17(15-24-2)8-9-18(22)13-19-10-11-20(25(3)4)14-23(19)26/h8-14,21,24,27H,5-7,15-16H2,1-4H3/q+1. The molecule has 144 valence electrons. The van der Waals surface area contributed by atoms with Gasteiger partial charge in [-0.1, -0.05) is 19.4 Å². The van der Waals surface area contributed by atoms with Gasteiger partial charge in [0, 0.05) is 55.7 Å². The molecule has 0 bridgehead atoms. The summed E-state index contributed by atoms with van der Waals surface area (Å²) in [5.74, 6) is 0. The first kappa shape index (κ1) is 19.6. The first-order valence-corrected chi connectivity index (χ1v) is 9.92. The van der Waals surface area contributed by atoms with E-state index in [2.05, 4.69) is 78.3 Å². The van der Waals surface area contributed by atoms with E-state index in [1.165, 1.54) is 33.1 Å². The van der Waals surface area contributed by atoms with Crippen molar-refractivity contribution in [2.24, 2.45) is 0 Å². The van der Waals surface area contributed by atoms with E-state index in [0.717, 1.165) is 25.8 Å². The zero-order valence-electron chi connectivity index (χ0n) is 17.0. The van der Waals surface area contributed by atoms with Crippen molar-refractivity contribution in [3.8, 4) is 0 Å². The lowest BCUT2D eigenvalue weighted by Gasteiger charge is -2.17. The first-order valence-electron chi connectivity index (χ1n) is 9.92. The second kappa shape index (κ2) is 8.68. The molecule has 3 rings (SSSR count). The predicted octanol–water partition coefficient (Wildman–Crippen LogP) is 3.79. The molecular weight excluding hydrogens is 334 g/mol. The fourth-order valence-electron chi connectivity index (χ4n) is 3.81. The third-order valence-corrected chi connectivity index (χ3v) is 5.30. The number of aliphatic hydroxyl groups is 1. The van der Waals surface area contributed by atoms with Crippen molar-refractivity contribution in [2.45, 2.75) is 38.8 Å². The SMILES string of the molecule is CCCCC(CO)[n+]1c2cc(CNC)ccc2cc2ccc(N(C)C)cc21. The summed E-state index contributed by atoms with van der Waals surface area (Å²) >= 11 is 0. The normalized spacial score (nSPS) is 12.6. The van der Waals surface area contributed by atoms with E-state index in [1.54, 1.807) is 0 Å². The Morgan fingerprint density at radius 1 is 1.04 bits per heavy atom. The molecule has 1 aromatic heterocycles. The third-order valence-electron chi connectivity index (χ3n) is 5.30. The molecule has 2 N–H and O–H groups in total. The van der Waals surface area contributed by atoms with E-state index in [1.807, 2.05) is 7.05 Å². The van der Waals surface area contributed by atoms with Crippen molar-refractivity contribution in [2.75, 3.05) is 32.6 Å². The smallest absolute Gasteiger partial charge is 0.215 e. The van der Waals surface area contributed by atoms with Crippen LogP contribution in [0.1, 0.15) is 37.8 Å². The highest BCUT2D eigenvalue weighted by Crippen LogP contribution is 2.26. The third kappa shape index (κ3) is 4.07. The number of anilines is 1. The lowest BCUT2D eigenvalue weighted by atomic mass is 10.0. The van der Waals surface area contributed by atoms with Crippen LogP contribution in [-0.2, 0) is 6.54 Å². The fourth-order valence-corrected chi connectivity index (χ4v) is 3.81. The number of benzene rings is 2. The van der Waals surface area contributed by atoms with Gasteiger partial charge in [-0.05, 0) is 43.3 Å². The number of rotatable bonds is 8. The molecule has 1 heterocycles. The minimum absolute atomic E-state index is 0.0818. The zero-order valence-corrected chi connectivity index (χ0v) is 17.0. The molecule has 2 aromatic carbocycles. The average molecular weight is 367 g/mol. The van der Waals surface area contributed by atoms with Gasteiger partial charge in [-0.25, -0.2) is 0 Å². The van der Waals surface area contributed by atoms with Gasteiger partial charge in [0.05, 0.1) is 0 Å².